The predicted molar refractivity (Wildman–Crippen MR) is 62.8 cm³/mol. The molecule has 1 unspecified atom stereocenters. The Morgan fingerprint density at radius 2 is 2.13 bits per heavy atom. The van der Waals surface area contributed by atoms with Crippen molar-refractivity contribution in [3.05, 3.63) is 29.3 Å². The highest BCUT2D eigenvalue weighted by molar-refractivity contribution is 5.93. The minimum atomic E-state index is -0.147. The van der Waals surface area contributed by atoms with Crippen molar-refractivity contribution in [1.29, 1.82) is 0 Å². The van der Waals surface area contributed by atoms with Crippen molar-refractivity contribution in [2.24, 2.45) is 11.7 Å². The Morgan fingerprint density at radius 1 is 1.47 bits per heavy atom. The van der Waals surface area contributed by atoms with Crippen LogP contribution in [0.2, 0.25) is 0 Å². The van der Waals surface area contributed by atoms with Crippen molar-refractivity contribution >= 4 is 11.6 Å². The van der Waals surface area contributed by atoms with Gasteiger partial charge in [-0.2, -0.15) is 0 Å². The van der Waals surface area contributed by atoms with Gasteiger partial charge >= 0.3 is 0 Å². The molecular formula is C12H18N2O. The molecule has 1 amide bonds. The summed E-state index contributed by atoms with van der Waals surface area (Å²) in [5, 5.41) is 2.87. The average molecular weight is 206 g/mol. The van der Waals surface area contributed by atoms with Crippen LogP contribution in [-0.4, -0.2) is 12.5 Å². The van der Waals surface area contributed by atoms with Crippen molar-refractivity contribution in [3.8, 4) is 0 Å². The molecule has 3 heteroatoms. The third kappa shape index (κ3) is 3.06. The number of nitrogens with one attached hydrogen (secondary N) is 1. The fourth-order valence-electron chi connectivity index (χ4n) is 1.32. The molecule has 82 valence electrons. The first-order chi connectivity index (χ1) is 7.04. The summed E-state index contributed by atoms with van der Waals surface area (Å²) in [4.78, 5) is 11.6. The molecular weight excluding hydrogens is 188 g/mol. The Balaban J connectivity index is 2.77. The normalized spacial score (nSPS) is 12.3. The van der Waals surface area contributed by atoms with Gasteiger partial charge in [0.2, 0.25) is 5.91 Å². The van der Waals surface area contributed by atoms with Crippen LogP contribution in [0.25, 0.3) is 0 Å². The van der Waals surface area contributed by atoms with E-state index < -0.39 is 0 Å². The van der Waals surface area contributed by atoms with Crippen molar-refractivity contribution in [2.75, 3.05) is 11.9 Å². The summed E-state index contributed by atoms with van der Waals surface area (Å²) in [5.41, 5.74) is 8.56. The summed E-state index contributed by atoms with van der Waals surface area (Å²) in [7, 11) is 0. The number of rotatable bonds is 3. The Bertz CT molecular complexity index is 361. The van der Waals surface area contributed by atoms with E-state index in [9.17, 15) is 4.79 Å². The van der Waals surface area contributed by atoms with Crippen LogP contribution in [0.1, 0.15) is 18.1 Å². The van der Waals surface area contributed by atoms with Gasteiger partial charge in [0.1, 0.15) is 0 Å². The Hall–Kier alpha value is -1.35. The molecule has 0 aliphatic heterocycles. The summed E-state index contributed by atoms with van der Waals surface area (Å²) in [6.07, 6.45) is 0. The number of nitrogens with two attached hydrogens (primary N) is 1. The van der Waals surface area contributed by atoms with E-state index in [2.05, 4.69) is 5.32 Å². The lowest BCUT2D eigenvalue weighted by Crippen LogP contribution is -2.26. The van der Waals surface area contributed by atoms with Gasteiger partial charge in [0.05, 0.1) is 0 Å². The van der Waals surface area contributed by atoms with Crippen LogP contribution < -0.4 is 11.1 Å². The Labute approximate surface area is 90.7 Å². The molecule has 0 aliphatic carbocycles. The molecule has 1 rings (SSSR count). The van der Waals surface area contributed by atoms with Gasteiger partial charge in [-0.3, -0.25) is 4.79 Å². The first kappa shape index (κ1) is 11.7. The molecule has 1 atom stereocenters. The third-order valence-electron chi connectivity index (χ3n) is 2.44. The summed E-state index contributed by atoms with van der Waals surface area (Å²) in [6.45, 7) is 6.20. The molecule has 0 heterocycles. The van der Waals surface area contributed by atoms with Gasteiger partial charge in [-0.1, -0.05) is 24.6 Å². The van der Waals surface area contributed by atoms with Gasteiger partial charge in [0.25, 0.3) is 0 Å². The van der Waals surface area contributed by atoms with Crippen molar-refractivity contribution in [1.82, 2.24) is 0 Å². The third-order valence-corrected chi connectivity index (χ3v) is 2.44. The van der Waals surface area contributed by atoms with Crippen LogP contribution in [0.4, 0.5) is 5.69 Å². The first-order valence-corrected chi connectivity index (χ1v) is 5.12. The van der Waals surface area contributed by atoms with Crippen LogP contribution in [0.15, 0.2) is 18.2 Å². The molecule has 0 fully saturated rings. The lowest BCUT2D eigenvalue weighted by molar-refractivity contribution is -0.119. The maximum atomic E-state index is 11.6. The monoisotopic (exact) mass is 206 g/mol. The smallest absolute Gasteiger partial charge is 0.228 e. The minimum absolute atomic E-state index is 0.0237. The maximum absolute atomic E-state index is 11.6. The van der Waals surface area contributed by atoms with E-state index in [-0.39, 0.29) is 11.8 Å². The van der Waals surface area contributed by atoms with Crippen LogP contribution in [0.3, 0.4) is 0 Å². The fourth-order valence-corrected chi connectivity index (χ4v) is 1.32. The molecule has 3 nitrogen and oxygen atoms in total. The molecule has 0 saturated heterocycles. The van der Waals surface area contributed by atoms with Gasteiger partial charge in [-0.15, -0.1) is 0 Å². The van der Waals surface area contributed by atoms with Crippen molar-refractivity contribution in [2.45, 2.75) is 20.8 Å². The molecule has 15 heavy (non-hydrogen) atoms. The standard InChI is InChI=1S/C12H18N2O/c1-8-4-5-11(9(2)6-8)14-12(15)10(3)7-13/h4-6,10H,7,13H2,1-3H3,(H,14,15). The van der Waals surface area contributed by atoms with Gasteiger partial charge < -0.3 is 11.1 Å². The summed E-state index contributed by atoms with van der Waals surface area (Å²) in [6, 6.07) is 5.95. The fraction of sp³-hybridized carbons (Fsp3) is 0.417. The minimum Gasteiger partial charge on any atom is -0.330 e. The molecule has 1 aromatic rings. The van der Waals surface area contributed by atoms with Crippen LogP contribution >= 0.6 is 0 Å². The summed E-state index contributed by atoms with van der Waals surface area (Å²) >= 11 is 0. The molecule has 3 N–H and O–H groups in total. The van der Waals surface area contributed by atoms with E-state index in [0.717, 1.165) is 11.3 Å². The topological polar surface area (TPSA) is 55.1 Å². The molecule has 1 aromatic carbocycles. The second-order valence-electron chi connectivity index (χ2n) is 3.94. The molecule has 0 spiro atoms. The molecule has 0 aliphatic rings. The van der Waals surface area contributed by atoms with Crippen molar-refractivity contribution < 1.29 is 4.79 Å². The van der Waals surface area contributed by atoms with E-state index in [4.69, 9.17) is 5.73 Å². The van der Waals surface area contributed by atoms with E-state index in [0.29, 0.717) is 6.54 Å². The van der Waals surface area contributed by atoms with Crippen LogP contribution in [0.5, 0.6) is 0 Å². The van der Waals surface area contributed by atoms with E-state index >= 15 is 0 Å². The second kappa shape index (κ2) is 4.94. The maximum Gasteiger partial charge on any atom is 0.228 e. The predicted octanol–water partition coefficient (Wildman–Crippen LogP) is 1.84. The van der Waals surface area contributed by atoms with E-state index in [1.54, 1.807) is 0 Å². The SMILES string of the molecule is Cc1ccc(NC(=O)C(C)CN)c(C)c1. The molecule has 0 radical (unpaired) electrons. The number of hydrogen-bond donors (Lipinski definition) is 2. The first-order valence-electron chi connectivity index (χ1n) is 5.12. The summed E-state index contributed by atoms with van der Waals surface area (Å²) in [5.74, 6) is -0.171. The number of anilines is 1. The zero-order chi connectivity index (χ0) is 11.4. The van der Waals surface area contributed by atoms with Crippen LogP contribution in [0, 0.1) is 19.8 Å². The number of aryl methyl sites for hydroxylation is 2. The second-order valence-corrected chi connectivity index (χ2v) is 3.94. The summed E-state index contributed by atoms with van der Waals surface area (Å²) < 4.78 is 0. The lowest BCUT2D eigenvalue weighted by Gasteiger charge is -2.12. The van der Waals surface area contributed by atoms with Gasteiger partial charge in [0, 0.05) is 18.2 Å². The number of carbonyl (C=O) groups excluding carboxylic acids is 1. The highest BCUT2D eigenvalue weighted by Crippen LogP contribution is 2.16. The van der Waals surface area contributed by atoms with Gasteiger partial charge in [-0.05, 0) is 25.5 Å². The lowest BCUT2D eigenvalue weighted by atomic mass is 10.1. The van der Waals surface area contributed by atoms with Crippen LogP contribution in [-0.2, 0) is 4.79 Å². The van der Waals surface area contributed by atoms with E-state index in [1.807, 2.05) is 39.0 Å². The number of amides is 1. The number of carbonyl (C=O) groups is 1. The molecule has 0 saturated carbocycles. The van der Waals surface area contributed by atoms with Crippen molar-refractivity contribution in [3.63, 3.8) is 0 Å². The molecule has 0 bridgehead atoms. The van der Waals surface area contributed by atoms with Gasteiger partial charge in [-0.25, -0.2) is 0 Å². The largest absolute Gasteiger partial charge is 0.330 e. The van der Waals surface area contributed by atoms with E-state index in [1.165, 1.54) is 5.56 Å². The number of hydrogen-bond acceptors (Lipinski definition) is 2. The Kier molecular flexibility index (Phi) is 3.86. The Morgan fingerprint density at radius 3 is 2.67 bits per heavy atom. The average Bonchev–Trinajstić information content (AvgIpc) is 2.20. The van der Waals surface area contributed by atoms with Gasteiger partial charge in [0.15, 0.2) is 0 Å². The molecule has 0 aromatic heterocycles. The highest BCUT2D eigenvalue weighted by Gasteiger charge is 2.11. The zero-order valence-electron chi connectivity index (χ0n) is 9.50. The number of benzene rings is 1. The quantitative estimate of drug-likeness (QED) is 0.792. The highest BCUT2D eigenvalue weighted by atomic mass is 16.1. The zero-order valence-corrected chi connectivity index (χ0v) is 9.50.